The van der Waals surface area contributed by atoms with Crippen molar-refractivity contribution in [3.63, 3.8) is 0 Å². The molecule has 1 aromatic carbocycles. The third-order valence-corrected chi connectivity index (χ3v) is 5.04. The summed E-state index contributed by atoms with van der Waals surface area (Å²) in [5.41, 5.74) is -0.169. The van der Waals surface area contributed by atoms with Gasteiger partial charge >= 0.3 is 6.18 Å². The first kappa shape index (κ1) is 20.3. The third kappa shape index (κ3) is 4.87. The Balaban J connectivity index is 1.52. The molecule has 2 N–H and O–H groups in total. The van der Waals surface area contributed by atoms with Crippen LogP contribution in [0.2, 0.25) is 5.02 Å². The highest BCUT2D eigenvalue weighted by Crippen LogP contribution is 2.33. The summed E-state index contributed by atoms with van der Waals surface area (Å²) in [5, 5.41) is 5.44. The predicted molar refractivity (Wildman–Crippen MR) is 97.9 cm³/mol. The topological polar surface area (TPSA) is 80.3 Å². The minimum Gasteiger partial charge on any atom is -0.482 e. The van der Waals surface area contributed by atoms with Crippen LogP contribution in [0.1, 0.15) is 15.9 Å². The normalized spacial score (nSPS) is 13.4. The zero-order chi connectivity index (χ0) is 20.3. The van der Waals surface area contributed by atoms with E-state index in [2.05, 4.69) is 15.6 Å². The van der Waals surface area contributed by atoms with Crippen molar-refractivity contribution < 1.29 is 27.5 Å². The fraction of sp³-hybridized carbons (Fsp3) is 0.235. The van der Waals surface area contributed by atoms with E-state index >= 15 is 0 Å². The second-order valence-electron chi connectivity index (χ2n) is 5.66. The SMILES string of the molecule is O=C1COc2ccc(C(=O)NCCSc3ncc(C(F)(F)F)cc3Cl)cc2N1. The molecule has 11 heteroatoms. The van der Waals surface area contributed by atoms with Gasteiger partial charge in [-0.1, -0.05) is 11.6 Å². The molecule has 2 amide bonds. The molecule has 3 rings (SSSR count). The fourth-order valence-corrected chi connectivity index (χ4v) is 3.38. The summed E-state index contributed by atoms with van der Waals surface area (Å²) in [7, 11) is 0. The molecule has 1 aromatic heterocycles. The van der Waals surface area contributed by atoms with Gasteiger partial charge in [0.15, 0.2) is 6.61 Å². The van der Waals surface area contributed by atoms with Crippen molar-refractivity contribution in [2.24, 2.45) is 0 Å². The lowest BCUT2D eigenvalue weighted by Crippen LogP contribution is -2.28. The Morgan fingerprint density at radius 2 is 2.14 bits per heavy atom. The van der Waals surface area contributed by atoms with Crippen LogP contribution in [0.15, 0.2) is 35.5 Å². The number of benzene rings is 1. The third-order valence-electron chi connectivity index (χ3n) is 3.64. The number of nitrogens with zero attached hydrogens (tertiary/aromatic N) is 1. The average molecular weight is 432 g/mol. The Hall–Kier alpha value is -2.46. The highest BCUT2D eigenvalue weighted by Gasteiger charge is 2.31. The fourth-order valence-electron chi connectivity index (χ4n) is 2.33. The summed E-state index contributed by atoms with van der Waals surface area (Å²) in [6.45, 7) is 0.165. The number of rotatable bonds is 5. The molecule has 2 heterocycles. The number of carbonyl (C=O) groups excluding carboxylic acids is 2. The number of halogens is 4. The number of alkyl halides is 3. The molecule has 2 aromatic rings. The maximum atomic E-state index is 12.6. The first-order valence-corrected chi connectivity index (χ1v) is 9.31. The van der Waals surface area contributed by atoms with E-state index < -0.39 is 11.7 Å². The highest BCUT2D eigenvalue weighted by molar-refractivity contribution is 7.99. The number of pyridine rings is 1. The van der Waals surface area contributed by atoms with E-state index in [0.717, 1.165) is 24.0 Å². The summed E-state index contributed by atoms with van der Waals surface area (Å²) < 4.78 is 43.0. The van der Waals surface area contributed by atoms with Gasteiger partial charge in [-0.15, -0.1) is 11.8 Å². The number of ether oxygens (including phenoxy) is 1. The van der Waals surface area contributed by atoms with E-state index in [9.17, 15) is 22.8 Å². The number of thioether (sulfide) groups is 1. The van der Waals surface area contributed by atoms with Crippen molar-refractivity contribution in [2.45, 2.75) is 11.2 Å². The van der Waals surface area contributed by atoms with Crippen molar-refractivity contribution >= 4 is 40.9 Å². The first-order chi connectivity index (χ1) is 13.2. The average Bonchev–Trinajstić information content (AvgIpc) is 2.64. The van der Waals surface area contributed by atoms with Crippen LogP contribution in [0.5, 0.6) is 5.75 Å². The molecule has 0 fully saturated rings. The van der Waals surface area contributed by atoms with E-state index in [1.165, 1.54) is 6.07 Å². The summed E-state index contributed by atoms with van der Waals surface area (Å²) in [6.07, 6.45) is -3.79. The molecule has 0 aliphatic carbocycles. The van der Waals surface area contributed by atoms with Gasteiger partial charge in [0.2, 0.25) is 0 Å². The van der Waals surface area contributed by atoms with Crippen molar-refractivity contribution in [2.75, 3.05) is 24.2 Å². The van der Waals surface area contributed by atoms with Gasteiger partial charge in [0.25, 0.3) is 11.8 Å². The summed E-state index contributed by atoms with van der Waals surface area (Å²) in [5.74, 6) is 0.168. The lowest BCUT2D eigenvalue weighted by Gasteiger charge is -2.18. The number of amides is 2. The minimum absolute atomic E-state index is 0.0731. The molecule has 0 atom stereocenters. The minimum atomic E-state index is -4.51. The zero-order valence-corrected chi connectivity index (χ0v) is 15.7. The Bertz CT molecular complexity index is 924. The van der Waals surface area contributed by atoms with Crippen LogP contribution in [0.3, 0.4) is 0 Å². The van der Waals surface area contributed by atoms with E-state index in [4.69, 9.17) is 16.3 Å². The van der Waals surface area contributed by atoms with Gasteiger partial charge in [-0.2, -0.15) is 13.2 Å². The standard InChI is InChI=1S/C17H13ClF3N3O3S/c18-11-6-10(17(19,20)21)7-23-16(11)28-4-3-22-15(26)9-1-2-13-12(5-9)24-14(25)8-27-13/h1-2,5-7H,3-4,8H2,(H,22,26)(H,24,25). The van der Waals surface area contributed by atoms with E-state index in [0.29, 0.717) is 22.8 Å². The second-order valence-corrected chi connectivity index (χ2v) is 7.15. The smallest absolute Gasteiger partial charge is 0.417 e. The molecule has 28 heavy (non-hydrogen) atoms. The molecule has 0 bridgehead atoms. The maximum absolute atomic E-state index is 12.6. The van der Waals surface area contributed by atoms with Crippen molar-refractivity contribution in [3.05, 3.63) is 46.6 Å². The Morgan fingerprint density at radius 3 is 2.86 bits per heavy atom. The molecule has 1 aliphatic heterocycles. The molecule has 0 saturated carbocycles. The number of carbonyl (C=O) groups is 2. The molecular formula is C17H13ClF3N3O3S. The van der Waals surface area contributed by atoms with Gasteiger partial charge in [0.1, 0.15) is 10.8 Å². The van der Waals surface area contributed by atoms with Gasteiger partial charge < -0.3 is 15.4 Å². The first-order valence-electron chi connectivity index (χ1n) is 7.94. The van der Waals surface area contributed by atoms with E-state index in [-0.39, 0.29) is 35.0 Å². The number of aromatic nitrogens is 1. The molecule has 0 saturated heterocycles. The van der Waals surface area contributed by atoms with Crippen LogP contribution in [0, 0.1) is 0 Å². The van der Waals surface area contributed by atoms with Crippen LogP contribution in [0.25, 0.3) is 0 Å². The molecule has 0 radical (unpaired) electrons. The summed E-state index contributed by atoms with van der Waals surface area (Å²) in [4.78, 5) is 27.3. The molecule has 148 valence electrons. The predicted octanol–water partition coefficient (Wildman–Crippen LogP) is 3.61. The lowest BCUT2D eigenvalue weighted by molar-refractivity contribution is -0.137. The number of anilines is 1. The van der Waals surface area contributed by atoms with Gasteiger partial charge in [0, 0.05) is 24.1 Å². The van der Waals surface area contributed by atoms with Crippen LogP contribution in [0.4, 0.5) is 18.9 Å². The maximum Gasteiger partial charge on any atom is 0.417 e. The summed E-state index contributed by atoms with van der Waals surface area (Å²) >= 11 is 6.96. The summed E-state index contributed by atoms with van der Waals surface area (Å²) in [6, 6.07) is 5.47. The van der Waals surface area contributed by atoms with E-state index in [1.54, 1.807) is 12.1 Å². The van der Waals surface area contributed by atoms with Crippen LogP contribution < -0.4 is 15.4 Å². The van der Waals surface area contributed by atoms with Crippen molar-refractivity contribution in [1.82, 2.24) is 10.3 Å². The monoisotopic (exact) mass is 431 g/mol. The van der Waals surface area contributed by atoms with E-state index in [1.807, 2.05) is 0 Å². The molecule has 0 spiro atoms. The highest BCUT2D eigenvalue weighted by atomic mass is 35.5. The zero-order valence-electron chi connectivity index (χ0n) is 14.1. The lowest BCUT2D eigenvalue weighted by atomic mass is 10.1. The van der Waals surface area contributed by atoms with Gasteiger partial charge in [-0.25, -0.2) is 4.98 Å². The van der Waals surface area contributed by atoms with Crippen LogP contribution in [-0.2, 0) is 11.0 Å². The Labute approximate surface area is 166 Å². The van der Waals surface area contributed by atoms with Crippen LogP contribution in [-0.4, -0.2) is 35.7 Å². The van der Waals surface area contributed by atoms with Gasteiger partial charge in [0.05, 0.1) is 16.3 Å². The Morgan fingerprint density at radius 1 is 1.36 bits per heavy atom. The largest absolute Gasteiger partial charge is 0.482 e. The van der Waals surface area contributed by atoms with Crippen molar-refractivity contribution in [1.29, 1.82) is 0 Å². The Kier molecular flexibility index (Phi) is 5.99. The number of nitrogens with one attached hydrogen (secondary N) is 2. The second kappa shape index (κ2) is 8.27. The number of hydrogen-bond donors (Lipinski definition) is 2. The van der Waals surface area contributed by atoms with Gasteiger partial charge in [-0.05, 0) is 24.3 Å². The molecular weight excluding hydrogens is 419 g/mol. The van der Waals surface area contributed by atoms with Crippen LogP contribution >= 0.6 is 23.4 Å². The molecule has 0 unspecified atom stereocenters. The quantitative estimate of drug-likeness (QED) is 0.558. The molecule has 1 aliphatic rings. The molecule has 6 nitrogen and oxygen atoms in total. The van der Waals surface area contributed by atoms with Crippen molar-refractivity contribution in [3.8, 4) is 5.75 Å². The number of hydrogen-bond acceptors (Lipinski definition) is 5. The number of fused-ring (bicyclic) bond motifs is 1. The van der Waals surface area contributed by atoms with Gasteiger partial charge in [-0.3, -0.25) is 9.59 Å².